The van der Waals surface area contributed by atoms with Gasteiger partial charge in [0.15, 0.2) is 0 Å². The fraction of sp³-hybridized carbons (Fsp3) is 0.273. The summed E-state index contributed by atoms with van der Waals surface area (Å²) >= 11 is 0. The zero-order chi connectivity index (χ0) is 13.1. The number of aliphatic carboxylic acids is 1. The number of pyridine rings is 1. The lowest BCUT2D eigenvalue weighted by molar-refractivity contribution is -0.143. The van der Waals surface area contributed by atoms with Crippen LogP contribution in [0.2, 0.25) is 0 Å². The number of nitrogens with zero attached hydrogens (tertiary/aromatic N) is 2. The maximum atomic E-state index is 11.6. The molecule has 1 rings (SSSR count). The molecule has 0 aliphatic rings. The Morgan fingerprint density at radius 1 is 1.47 bits per heavy atom. The van der Waals surface area contributed by atoms with Crippen LogP contribution < -0.4 is 5.32 Å². The number of nitriles is 1. The molecule has 0 radical (unpaired) electrons. The Morgan fingerprint density at radius 2 is 2.12 bits per heavy atom. The van der Waals surface area contributed by atoms with E-state index in [-0.39, 0.29) is 5.69 Å². The predicted molar refractivity (Wildman–Crippen MR) is 58.1 cm³/mol. The molecule has 0 bridgehead atoms. The summed E-state index contributed by atoms with van der Waals surface area (Å²) in [6, 6.07) is 4.68. The number of hydrogen-bond donors (Lipinski definition) is 2. The molecule has 1 amide bonds. The van der Waals surface area contributed by atoms with Crippen LogP contribution in [0.1, 0.15) is 29.9 Å². The molecule has 0 unspecified atom stereocenters. The molecule has 0 spiro atoms. The summed E-state index contributed by atoms with van der Waals surface area (Å²) in [5, 5.41) is 19.7. The summed E-state index contributed by atoms with van der Waals surface area (Å²) in [4.78, 5) is 26.2. The van der Waals surface area contributed by atoms with Crippen LogP contribution in [-0.2, 0) is 4.79 Å². The molecule has 0 aliphatic carbocycles. The minimum Gasteiger partial charge on any atom is -0.480 e. The molecule has 1 aromatic heterocycles. The van der Waals surface area contributed by atoms with Gasteiger partial charge in [0, 0.05) is 6.20 Å². The Labute approximate surface area is 97.9 Å². The monoisotopic (exact) mass is 233 g/mol. The van der Waals surface area contributed by atoms with Gasteiger partial charge in [-0.05, 0) is 26.0 Å². The van der Waals surface area contributed by atoms with Crippen molar-refractivity contribution < 1.29 is 14.7 Å². The minimum atomic E-state index is -1.37. The second-order valence-corrected chi connectivity index (χ2v) is 3.93. The number of carbonyl (C=O) groups excluding carboxylic acids is 1. The highest BCUT2D eigenvalue weighted by molar-refractivity contribution is 5.96. The topological polar surface area (TPSA) is 103 Å². The maximum Gasteiger partial charge on any atom is 0.328 e. The molecule has 6 heteroatoms. The Kier molecular flexibility index (Phi) is 3.43. The molecule has 1 heterocycles. The van der Waals surface area contributed by atoms with Crippen molar-refractivity contribution in [1.82, 2.24) is 10.3 Å². The van der Waals surface area contributed by atoms with Gasteiger partial charge in [0.25, 0.3) is 5.91 Å². The molecular formula is C11H11N3O3. The zero-order valence-corrected chi connectivity index (χ0v) is 9.39. The quantitative estimate of drug-likeness (QED) is 0.793. The van der Waals surface area contributed by atoms with Crippen molar-refractivity contribution in [3.05, 3.63) is 29.6 Å². The lowest BCUT2D eigenvalue weighted by Gasteiger charge is -2.20. The van der Waals surface area contributed by atoms with Gasteiger partial charge in [-0.25, -0.2) is 9.78 Å². The van der Waals surface area contributed by atoms with Crippen LogP contribution in [-0.4, -0.2) is 27.5 Å². The van der Waals surface area contributed by atoms with E-state index in [1.54, 1.807) is 0 Å². The second-order valence-electron chi connectivity index (χ2n) is 3.93. The normalized spacial score (nSPS) is 10.4. The summed E-state index contributed by atoms with van der Waals surface area (Å²) < 4.78 is 0. The molecule has 0 aliphatic heterocycles. The van der Waals surface area contributed by atoms with Gasteiger partial charge in [0.05, 0.1) is 5.56 Å². The molecule has 17 heavy (non-hydrogen) atoms. The van der Waals surface area contributed by atoms with Gasteiger partial charge in [-0.1, -0.05) is 0 Å². The third-order valence-corrected chi connectivity index (χ3v) is 2.09. The largest absolute Gasteiger partial charge is 0.480 e. The van der Waals surface area contributed by atoms with E-state index in [0.717, 1.165) is 0 Å². The highest BCUT2D eigenvalue weighted by Crippen LogP contribution is 2.05. The van der Waals surface area contributed by atoms with Gasteiger partial charge in [-0.15, -0.1) is 0 Å². The first-order valence-corrected chi connectivity index (χ1v) is 4.79. The van der Waals surface area contributed by atoms with E-state index >= 15 is 0 Å². The molecule has 0 saturated heterocycles. The SMILES string of the molecule is CC(C)(NC(=O)c1ccc(C#N)cn1)C(=O)O. The lowest BCUT2D eigenvalue weighted by Crippen LogP contribution is -2.49. The van der Waals surface area contributed by atoms with Crippen LogP contribution in [0.15, 0.2) is 18.3 Å². The molecule has 88 valence electrons. The highest BCUT2D eigenvalue weighted by atomic mass is 16.4. The van der Waals surface area contributed by atoms with Gasteiger partial charge < -0.3 is 10.4 Å². The number of hydrogen-bond acceptors (Lipinski definition) is 4. The summed E-state index contributed by atoms with van der Waals surface area (Å²) in [6.07, 6.45) is 1.25. The third-order valence-electron chi connectivity index (χ3n) is 2.09. The van der Waals surface area contributed by atoms with E-state index in [4.69, 9.17) is 10.4 Å². The predicted octanol–water partition coefficient (Wildman–Crippen LogP) is 0.546. The summed E-state index contributed by atoms with van der Waals surface area (Å²) in [5.41, 5.74) is -0.968. The van der Waals surface area contributed by atoms with E-state index in [1.807, 2.05) is 6.07 Å². The van der Waals surface area contributed by atoms with Crippen LogP contribution in [0.5, 0.6) is 0 Å². The van der Waals surface area contributed by atoms with Gasteiger partial charge in [-0.2, -0.15) is 5.26 Å². The van der Waals surface area contributed by atoms with Gasteiger partial charge >= 0.3 is 5.97 Å². The molecule has 0 saturated carbocycles. The van der Waals surface area contributed by atoms with Gasteiger partial charge in [0.2, 0.25) is 0 Å². The molecule has 0 atom stereocenters. The third kappa shape index (κ3) is 3.01. The minimum absolute atomic E-state index is 0.0679. The Hall–Kier alpha value is -2.42. The van der Waals surface area contributed by atoms with E-state index < -0.39 is 17.4 Å². The average Bonchev–Trinajstić information content (AvgIpc) is 2.28. The summed E-state index contributed by atoms with van der Waals surface area (Å²) in [7, 11) is 0. The van der Waals surface area contributed by atoms with E-state index in [0.29, 0.717) is 5.56 Å². The van der Waals surface area contributed by atoms with Crippen molar-refractivity contribution in [1.29, 1.82) is 5.26 Å². The first-order chi connectivity index (χ1) is 7.86. The number of nitrogens with one attached hydrogen (secondary N) is 1. The smallest absolute Gasteiger partial charge is 0.328 e. The van der Waals surface area contributed by atoms with Crippen molar-refractivity contribution in [2.75, 3.05) is 0 Å². The zero-order valence-electron chi connectivity index (χ0n) is 9.39. The number of carbonyl (C=O) groups is 2. The van der Waals surface area contributed by atoms with Crippen LogP contribution in [0.3, 0.4) is 0 Å². The molecule has 6 nitrogen and oxygen atoms in total. The van der Waals surface area contributed by atoms with E-state index in [9.17, 15) is 9.59 Å². The maximum absolute atomic E-state index is 11.6. The van der Waals surface area contributed by atoms with Crippen molar-refractivity contribution in [2.45, 2.75) is 19.4 Å². The Balaban J connectivity index is 2.84. The standard InChI is InChI=1S/C11H11N3O3/c1-11(2,10(16)17)14-9(15)8-4-3-7(5-12)6-13-8/h3-4,6H,1-2H3,(H,14,15)(H,16,17). The van der Waals surface area contributed by atoms with E-state index in [2.05, 4.69) is 10.3 Å². The second kappa shape index (κ2) is 4.61. The fourth-order valence-corrected chi connectivity index (χ4v) is 0.996. The van der Waals surface area contributed by atoms with Crippen LogP contribution in [0, 0.1) is 11.3 Å². The highest BCUT2D eigenvalue weighted by Gasteiger charge is 2.29. The number of carboxylic acids is 1. The molecule has 0 fully saturated rings. The molecule has 2 N–H and O–H groups in total. The molecular weight excluding hydrogens is 222 g/mol. The molecule has 0 aromatic carbocycles. The van der Waals surface area contributed by atoms with E-state index in [1.165, 1.54) is 32.2 Å². The number of aromatic nitrogens is 1. The van der Waals surface area contributed by atoms with Gasteiger partial charge in [0.1, 0.15) is 17.3 Å². The summed E-state index contributed by atoms with van der Waals surface area (Å²) in [6.45, 7) is 2.74. The number of carboxylic acid groups (broad SMARTS) is 1. The lowest BCUT2D eigenvalue weighted by atomic mass is 10.1. The first-order valence-electron chi connectivity index (χ1n) is 4.79. The van der Waals surface area contributed by atoms with Crippen molar-refractivity contribution in [2.24, 2.45) is 0 Å². The Bertz CT molecular complexity index is 486. The molecule has 1 aromatic rings. The van der Waals surface area contributed by atoms with Crippen molar-refractivity contribution in [3.63, 3.8) is 0 Å². The van der Waals surface area contributed by atoms with Crippen LogP contribution in [0.4, 0.5) is 0 Å². The summed E-state index contributed by atoms with van der Waals surface area (Å²) in [5.74, 6) is -1.73. The van der Waals surface area contributed by atoms with Crippen molar-refractivity contribution in [3.8, 4) is 6.07 Å². The van der Waals surface area contributed by atoms with Gasteiger partial charge in [-0.3, -0.25) is 4.79 Å². The average molecular weight is 233 g/mol. The van der Waals surface area contributed by atoms with Crippen LogP contribution >= 0.6 is 0 Å². The number of amides is 1. The van der Waals surface area contributed by atoms with Crippen molar-refractivity contribution >= 4 is 11.9 Å². The first kappa shape index (κ1) is 12.6. The fourth-order valence-electron chi connectivity index (χ4n) is 0.996. The Morgan fingerprint density at radius 3 is 2.53 bits per heavy atom. The van der Waals surface area contributed by atoms with Crippen LogP contribution in [0.25, 0.3) is 0 Å². The number of rotatable bonds is 3.